The van der Waals surface area contributed by atoms with E-state index in [1.165, 1.54) is 0 Å². The van der Waals surface area contributed by atoms with E-state index in [4.69, 9.17) is 0 Å². The molecule has 0 unspecified atom stereocenters. The summed E-state index contributed by atoms with van der Waals surface area (Å²) in [5.41, 5.74) is 0. The molecule has 0 fully saturated rings. The monoisotopic (exact) mass is 177 g/mol. The van der Waals surface area contributed by atoms with Crippen LogP contribution in [0.1, 0.15) is 0 Å². The van der Waals surface area contributed by atoms with Gasteiger partial charge in [0.15, 0.2) is 0 Å². The smallest absolute Gasteiger partial charge is 0.00399 e. The maximum atomic E-state index is 4.08. The highest BCUT2D eigenvalue weighted by Crippen LogP contribution is 2.00. The van der Waals surface area contributed by atoms with Gasteiger partial charge in [-0.15, -0.1) is 12.6 Å². The summed E-state index contributed by atoms with van der Waals surface area (Å²) in [7, 11) is 0. The Hall–Kier alpha value is -1.15. The summed E-state index contributed by atoms with van der Waals surface area (Å²) in [6.45, 7) is 0. The average Bonchev–Trinajstić information content (AvgIpc) is 2.62. The molecule has 0 aliphatic carbocycles. The molecule has 1 aromatic heterocycles. The lowest BCUT2D eigenvalue weighted by atomic mass is 10.4. The quantitative estimate of drug-likeness (QED) is 0.575. The van der Waals surface area contributed by atoms with Crippen molar-refractivity contribution in [1.29, 1.82) is 0 Å². The summed E-state index contributed by atoms with van der Waals surface area (Å²) in [6, 6.07) is 13.7. The van der Waals surface area contributed by atoms with Crippen LogP contribution in [0.5, 0.6) is 0 Å². The predicted molar refractivity (Wildman–Crippen MR) is 54.5 cm³/mol. The van der Waals surface area contributed by atoms with E-state index in [0.717, 1.165) is 4.90 Å². The van der Waals surface area contributed by atoms with E-state index in [9.17, 15) is 0 Å². The topological polar surface area (TPSA) is 15.8 Å². The maximum absolute atomic E-state index is 4.08. The predicted octanol–water partition coefficient (Wildman–Crippen LogP) is 2.99. The maximum Gasteiger partial charge on any atom is 0.00399 e. The highest BCUT2D eigenvalue weighted by Gasteiger charge is 1.73. The van der Waals surface area contributed by atoms with Gasteiger partial charge in [0.25, 0.3) is 0 Å². The Bertz CT molecular complexity index is 259. The zero-order valence-electron chi connectivity index (χ0n) is 6.64. The van der Waals surface area contributed by atoms with E-state index in [1.807, 2.05) is 54.9 Å². The third-order valence-electron chi connectivity index (χ3n) is 1.25. The van der Waals surface area contributed by atoms with Crippen LogP contribution in [0.15, 0.2) is 59.8 Å². The molecule has 62 valence electrons. The summed E-state index contributed by atoms with van der Waals surface area (Å²) in [4.78, 5) is 3.88. The minimum atomic E-state index is 1.02. The summed E-state index contributed by atoms with van der Waals surface area (Å²) in [6.07, 6.45) is 3.75. The zero-order valence-corrected chi connectivity index (χ0v) is 7.54. The Morgan fingerprint density at radius 3 is 1.67 bits per heavy atom. The Morgan fingerprint density at radius 2 is 1.42 bits per heavy atom. The van der Waals surface area contributed by atoms with Gasteiger partial charge >= 0.3 is 0 Å². The van der Waals surface area contributed by atoms with Crippen molar-refractivity contribution in [3.8, 4) is 0 Å². The van der Waals surface area contributed by atoms with Crippen LogP contribution in [0.4, 0.5) is 0 Å². The standard InChI is InChI=1S/C6H6S.C4H5N/c7-6-4-2-1-3-5-6;1-2-4-5-3-1/h1-5,7H;1-5H. The number of thiol groups is 1. The van der Waals surface area contributed by atoms with Crippen LogP contribution in [0.3, 0.4) is 0 Å². The molecule has 2 aromatic rings. The Kier molecular flexibility index (Phi) is 4.09. The molecule has 2 rings (SSSR count). The molecule has 2 heteroatoms. The molecule has 1 N–H and O–H groups in total. The van der Waals surface area contributed by atoms with E-state index < -0.39 is 0 Å². The summed E-state index contributed by atoms with van der Waals surface area (Å²) >= 11 is 4.08. The number of hydrogen-bond donors (Lipinski definition) is 2. The highest BCUT2D eigenvalue weighted by atomic mass is 32.1. The van der Waals surface area contributed by atoms with Gasteiger partial charge in [0.1, 0.15) is 0 Å². The fourth-order valence-electron chi connectivity index (χ4n) is 0.706. The molecule has 1 nitrogen and oxygen atoms in total. The Labute approximate surface area is 77.9 Å². The van der Waals surface area contributed by atoms with Gasteiger partial charge in [-0.2, -0.15) is 0 Å². The van der Waals surface area contributed by atoms with Crippen molar-refractivity contribution in [2.24, 2.45) is 0 Å². The molecule has 0 spiro atoms. The average molecular weight is 177 g/mol. The van der Waals surface area contributed by atoms with Gasteiger partial charge < -0.3 is 4.98 Å². The molecule has 0 radical (unpaired) electrons. The number of aromatic amines is 1. The SMILES string of the molecule is Sc1ccccc1.c1cc[nH]c1. The first-order chi connectivity index (χ1) is 5.89. The zero-order chi connectivity index (χ0) is 8.65. The molecular weight excluding hydrogens is 166 g/mol. The van der Waals surface area contributed by atoms with E-state index in [-0.39, 0.29) is 0 Å². The van der Waals surface area contributed by atoms with Crippen LogP contribution in [0, 0.1) is 0 Å². The van der Waals surface area contributed by atoms with Crippen molar-refractivity contribution in [3.63, 3.8) is 0 Å². The van der Waals surface area contributed by atoms with Crippen molar-refractivity contribution in [3.05, 3.63) is 54.9 Å². The molecule has 0 aliphatic heterocycles. The molecule has 0 aliphatic rings. The number of nitrogens with one attached hydrogen (secondary N) is 1. The first kappa shape index (κ1) is 8.94. The normalized spacial score (nSPS) is 8.42. The van der Waals surface area contributed by atoms with E-state index >= 15 is 0 Å². The highest BCUT2D eigenvalue weighted by molar-refractivity contribution is 7.80. The largest absolute Gasteiger partial charge is 0.368 e. The lowest BCUT2D eigenvalue weighted by Crippen LogP contribution is -1.56. The lowest BCUT2D eigenvalue weighted by Gasteiger charge is -1.81. The van der Waals surface area contributed by atoms with Crippen molar-refractivity contribution >= 4 is 12.6 Å². The minimum Gasteiger partial charge on any atom is -0.368 e. The van der Waals surface area contributed by atoms with Crippen LogP contribution < -0.4 is 0 Å². The number of hydrogen-bond acceptors (Lipinski definition) is 1. The summed E-state index contributed by atoms with van der Waals surface area (Å²) in [5, 5.41) is 0. The first-order valence-corrected chi connectivity index (χ1v) is 4.16. The van der Waals surface area contributed by atoms with Crippen molar-refractivity contribution in [2.45, 2.75) is 4.90 Å². The van der Waals surface area contributed by atoms with Gasteiger partial charge in [0, 0.05) is 17.3 Å². The number of benzene rings is 1. The summed E-state index contributed by atoms with van der Waals surface area (Å²) < 4.78 is 0. The van der Waals surface area contributed by atoms with Crippen LogP contribution in [0.2, 0.25) is 0 Å². The third-order valence-corrected chi connectivity index (χ3v) is 1.55. The number of rotatable bonds is 0. The molecule has 1 aromatic carbocycles. The van der Waals surface area contributed by atoms with Gasteiger partial charge in [-0.3, -0.25) is 0 Å². The summed E-state index contributed by atoms with van der Waals surface area (Å²) in [5.74, 6) is 0. The van der Waals surface area contributed by atoms with Crippen molar-refractivity contribution in [1.82, 2.24) is 4.98 Å². The van der Waals surface area contributed by atoms with Crippen molar-refractivity contribution < 1.29 is 0 Å². The Morgan fingerprint density at radius 1 is 0.833 bits per heavy atom. The lowest BCUT2D eigenvalue weighted by molar-refractivity contribution is 1.42. The van der Waals surface area contributed by atoms with Crippen LogP contribution in [-0.2, 0) is 0 Å². The first-order valence-electron chi connectivity index (χ1n) is 3.71. The molecular formula is C10H11NS. The molecule has 0 amide bonds. The molecule has 0 bridgehead atoms. The van der Waals surface area contributed by atoms with E-state index in [2.05, 4.69) is 17.6 Å². The number of H-pyrrole nitrogens is 1. The fraction of sp³-hybridized carbons (Fsp3) is 0. The molecule has 12 heavy (non-hydrogen) atoms. The second kappa shape index (κ2) is 5.49. The van der Waals surface area contributed by atoms with Crippen LogP contribution >= 0.6 is 12.6 Å². The van der Waals surface area contributed by atoms with Crippen molar-refractivity contribution in [2.75, 3.05) is 0 Å². The van der Waals surface area contributed by atoms with Crippen LogP contribution in [0.25, 0.3) is 0 Å². The second-order valence-electron chi connectivity index (χ2n) is 2.22. The second-order valence-corrected chi connectivity index (χ2v) is 2.74. The van der Waals surface area contributed by atoms with E-state index in [1.54, 1.807) is 0 Å². The van der Waals surface area contributed by atoms with Gasteiger partial charge in [-0.25, -0.2) is 0 Å². The third kappa shape index (κ3) is 3.88. The molecule has 0 saturated carbocycles. The van der Waals surface area contributed by atoms with E-state index in [0.29, 0.717) is 0 Å². The van der Waals surface area contributed by atoms with Gasteiger partial charge in [0.05, 0.1) is 0 Å². The van der Waals surface area contributed by atoms with Gasteiger partial charge in [-0.1, -0.05) is 18.2 Å². The molecule has 0 atom stereocenters. The molecule has 0 saturated heterocycles. The fourth-order valence-corrected chi connectivity index (χ4v) is 0.878. The molecule has 1 heterocycles. The van der Waals surface area contributed by atoms with Crippen LogP contribution in [-0.4, -0.2) is 4.98 Å². The van der Waals surface area contributed by atoms with Gasteiger partial charge in [-0.05, 0) is 24.3 Å². The Balaban J connectivity index is 0.000000127. The van der Waals surface area contributed by atoms with Gasteiger partial charge in [0.2, 0.25) is 0 Å². The number of aromatic nitrogens is 1. The minimum absolute atomic E-state index is 1.02.